The molecule has 1 saturated carbocycles. The molecule has 2 N–H and O–H groups in total. The van der Waals surface area contributed by atoms with E-state index < -0.39 is 40.8 Å². The summed E-state index contributed by atoms with van der Waals surface area (Å²) in [6, 6.07) is 8.80. The quantitative estimate of drug-likeness (QED) is 0.468. The zero-order valence-corrected chi connectivity index (χ0v) is 18.3. The molecule has 1 fully saturated rings. The van der Waals surface area contributed by atoms with Crippen LogP contribution in [0.15, 0.2) is 42.5 Å². The summed E-state index contributed by atoms with van der Waals surface area (Å²) in [4.78, 5) is 13.1. The van der Waals surface area contributed by atoms with E-state index in [4.69, 9.17) is 0 Å². The number of alkyl halides is 6. The summed E-state index contributed by atoms with van der Waals surface area (Å²) in [6.45, 7) is 1.33. The lowest BCUT2D eigenvalue weighted by Gasteiger charge is -2.39. The van der Waals surface area contributed by atoms with E-state index in [1.165, 1.54) is 6.92 Å². The molecule has 1 aliphatic rings. The highest BCUT2D eigenvalue weighted by Crippen LogP contribution is 2.40. The minimum absolute atomic E-state index is 0.0695. The highest BCUT2D eigenvalue weighted by Gasteiger charge is 2.39. The Bertz CT molecular complexity index is 944. The van der Waals surface area contributed by atoms with Crippen molar-refractivity contribution in [2.45, 2.75) is 62.8 Å². The predicted octanol–water partition coefficient (Wildman–Crippen LogP) is 6.85. The average Bonchev–Trinajstić information content (AvgIpc) is 2.77. The molecule has 3 rings (SSSR count). The number of anilines is 1. The molecule has 1 atom stereocenters. The van der Waals surface area contributed by atoms with E-state index in [0.717, 1.165) is 30.5 Å². The number of carbonyl (C=O) groups is 1. The lowest BCUT2D eigenvalue weighted by molar-refractivity contribution is -0.143. The van der Waals surface area contributed by atoms with Crippen molar-refractivity contribution in [3.05, 3.63) is 64.7 Å². The summed E-state index contributed by atoms with van der Waals surface area (Å²) in [5, 5.41) is 5.99. The Balaban J connectivity index is 1.94. The van der Waals surface area contributed by atoms with Gasteiger partial charge in [-0.3, -0.25) is 4.79 Å². The molecule has 1 unspecified atom stereocenters. The molecule has 0 spiro atoms. The maximum Gasteiger partial charge on any atom is 0.416 e. The summed E-state index contributed by atoms with van der Waals surface area (Å²) in [7, 11) is 1.78. The fraction of sp³-hybridized carbons (Fsp3) is 0.458. The number of nitrogens with one attached hydrogen (secondary N) is 2. The van der Waals surface area contributed by atoms with E-state index >= 15 is 0 Å². The molecule has 0 heterocycles. The highest BCUT2D eigenvalue weighted by molar-refractivity contribution is 5.84. The predicted molar refractivity (Wildman–Crippen MR) is 114 cm³/mol. The number of hydrogen-bond donors (Lipinski definition) is 2. The van der Waals surface area contributed by atoms with Crippen molar-refractivity contribution in [3.8, 4) is 0 Å². The lowest BCUT2D eigenvalue weighted by Crippen LogP contribution is -2.48. The number of hydrogen-bond acceptors (Lipinski definition) is 2. The zero-order valence-electron chi connectivity index (χ0n) is 18.3. The Hall–Kier alpha value is -2.71. The van der Waals surface area contributed by atoms with E-state index in [1.54, 1.807) is 7.05 Å². The minimum Gasteiger partial charge on any atom is -0.388 e. The van der Waals surface area contributed by atoms with Gasteiger partial charge in [-0.05, 0) is 61.2 Å². The van der Waals surface area contributed by atoms with Gasteiger partial charge in [0, 0.05) is 12.7 Å². The molecule has 0 bridgehead atoms. The second kappa shape index (κ2) is 9.27. The SMILES string of the molecule is CNc1ccc(C2(NC(=O)C(C)c3cc(C(F)(F)F)cc(C(F)(F)F)c3)CCCCC2)cc1. The van der Waals surface area contributed by atoms with Crippen LogP contribution in [0.4, 0.5) is 32.0 Å². The van der Waals surface area contributed by atoms with Crippen LogP contribution in [0.1, 0.15) is 67.2 Å². The second-order valence-corrected chi connectivity index (χ2v) is 8.52. The van der Waals surface area contributed by atoms with Crippen LogP contribution < -0.4 is 10.6 Å². The van der Waals surface area contributed by atoms with Crippen LogP contribution in [-0.2, 0) is 22.7 Å². The van der Waals surface area contributed by atoms with Crippen molar-refractivity contribution >= 4 is 11.6 Å². The lowest BCUT2D eigenvalue weighted by atomic mass is 9.76. The molecule has 2 aromatic rings. The summed E-state index contributed by atoms with van der Waals surface area (Å²) < 4.78 is 79.5. The smallest absolute Gasteiger partial charge is 0.388 e. The standard InChI is InChI=1S/C24H26F6N2O/c1-15(16-12-18(23(25,26)27)14-19(13-16)24(28,29)30)21(33)32-22(10-4-3-5-11-22)17-6-8-20(31-2)9-7-17/h6-9,12-15,31H,3-5,10-11H2,1-2H3,(H,32,33). The van der Waals surface area contributed by atoms with Gasteiger partial charge in [-0.25, -0.2) is 0 Å². The summed E-state index contributed by atoms with van der Waals surface area (Å²) >= 11 is 0. The van der Waals surface area contributed by atoms with Crippen LogP contribution >= 0.6 is 0 Å². The van der Waals surface area contributed by atoms with Gasteiger partial charge in [0.1, 0.15) is 0 Å². The molecule has 0 aliphatic heterocycles. The number of amides is 1. The molecule has 3 nitrogen and oxygen atoms in total. The van der Waals surface area contributed by atoms with Crippen molar-refractivity contribution in [2.24, 2.45) is 0 Å². The van der Waals surface area contributed by atoms with E-state index in [0.29, 0.717) is 25.0 Å². The van der Waals surface area contributed by atoms with Crippen molar-refractivity contribution in [2.75, 3.05) is 12.4 Å². The van der Waals surface area contributed by atoms with E-state index in [-0.39, 0.29) is 11.6 Å². The van der Waals surface area contributed by atoms with Gasteiger partial charge in [0.05, 0.1) is 22.6 Å². The second-order valence-electron chi connectivity index (χ2n) is 8.52. The molecular formula is C24H26F6N2O. The molecular weight excluding hydrogens is 446 g/mol. The first-order chi connectivity index (χ1) is 15.4. The molecule has 0 saturated heterocycles. The highest BCUT2D eigenvalue weighted by atomic mass is 19.4. The van der Waals surface area contributed by atoms with Gasteiger partial charge in [-0.15, -0.1) is 0 Å². The first kappa shape index (κ1) is 24.9. The average molecular weight is 472 g/mol. The first-order valence-electron chi connectivity index (χ1n) is 10.8. The molecule has 0 radical (unpaired) electrons. The Labute approximate surface area is 188 Å². The fourth-order valence-corrected chi connectivity index (χ4v) is 4.32. The van der Waals surface area contributed by atoms with E-state index in [9.17, 15) is 31.1 Å². The maximum atomic E-state index is 13.2. The zero-order chi connectivity index (χ0) is 24.4. The van der Waals surface area contributed by atoms with Gasteiger partial charge in [-0.2, -0.15) is 26.3 Å². The van der Waals surface area contributed by atoms with Gasteiger partial charge < -0.3 is 10.6 Å². The van der Waals surface area contributed by atoms with Crippen molar-refractivity contribution in [3.63, 3.8) is 0 Å². The van der Waals surface area contributed by atoms with Crippen LogP contribution in [0.2, 0.25) is 0 Å². The van der Waals surface area contributed by atoms with Crippen LogP contribution in [0.25, 0.3) is 0 Å². The van der Waals surface area contributed by atoms with Gasteiger partial charge in [0.25, 0.3) is 0 Å². The van der Waals surface area contributed by atoms with Crippen LogP contribution in [0.3, 0.4) is 0 Å². The van der Waals surface area contributed by atoms with Gasteiger partial charge >= 0.3 is 12.4 Å². The van der Waals surface area contributed by atoms with Crippen molar-refractivity contribution < 1.29 is 31.1 Å². The van der Waals surface area contributed by atoms with Crippen molar-refractivity contribution in [1.29, 1.82) is 0 Å². The molecule has 1 amide bonds. The Kier molecular flexibility index (Phi) is 7.00. The largest absolute Gasteiger partial charge is 0.416 e. The normalized spacial score (nSPS) is 17.3. The Morgan fingerprint density at radius 3 is 1.85 bits per heavy atom. The fourth-order valence-electron chi connectivity index (χ4n) is 4.32. The van der Waals surface area contributed by atoms with Crippen LogP contribution in [0, 0.1) is 0 Å². The van der Waals surface area contributed by atoms with Gasteiger partial charge in [-0.1, -0.05) is 31.4 Å². The summed E-state index contributed by atoms with van der Waals surface area (Å²) in [5.74, 6) is -1.81. The Morgan fingerprint density at radius 1 is 0.879 bits per heavy atom. The third kappa shape index (κ3) is 5.62. The van der Waals surface area contributed by atoms with Crippen LogP contribution in [-0.4, -0.2) is 13.0 Å². The molecule has 0 aromatic heterocycles. The topological polar surface area (TPSA) is 41.1 Å². The van der Waals surface area contributed by atoms with E-state index in [1.807, 2.05) is 24.3 Å². The third-order valence-electron chi connectivity index (χ3n) is 6.30. The third-order valence-corrected chi connectivity index (χ3v) is 6.30. The number of benzene rings is 2. The van der Waals surface area contributed by atoms with Crippen LogP contribution in [0.5, 0.6) is 0 Å². The van der Waals surface area contributed by atoms with Gasteiger partial charge in [0.15, 0.2) is 0 Å². The van der Waals surface area contributed by atoms with Crippen molar-refractivity contribution in [1.82, 2.24) is 5.32 Å². The Morgan fingerprint density at radius 2 is 1.39 bits per heavy atom. The molecule has 2 aromatic carbocycles. The summed E-state index contributed by atoms with van der Waals surface area (Å²) in [5.41, 5.74) is -2.16. The number of rotatable bonds is 5. The number of halogens is 6. The van der Waals surface area contributed by atoms with E-state index in [2.05, 4.69) is 10.6 Å². The monoisotopic (exact) mass is 472 g/mol. The molecule has 180 valence electrons. The summed E-state index contributed by atoms with van der Waals surface area (Å²) in [6.07, 6.45) is -5.96. The molecule has 9 heteroatoms. The maximum absolute atomic E-state index is 13.2. The molecule has 1 aliphatic carbocycles. The minimum atomic E-state index is -4.97. The molecule has 33 heavy (non-hydrogen) atoms. The van der Waals surface area contributed by atoms with Gasteiger partial charge in [0.2, 0.25) is 5.91 Å². The number of carbonyl (C=O) groups excluding carboxylic acids is 1. The first-order valence-corrected chi connectivity index (χ1v) is 10.8.